The van der Waals surface area contributed by atoms with Gasteiger partial charge in [0, 0.05) is 18.6 Å². The van der Waals surface area contributed by atoms with Crippen LogP contribution in [0.2, 0.25) is 0 Å². The highest BCUT2D eigenvalue weighted by Gasteiger charge is 2.37. The first-order valence-corrected chi connectivity index (χ1v) is 8.84. The molecule has 4 heterocycles. The van der Waals surface area contributed by atoms with Crippen LogP contribution in [-0.4, -0.2) is 33.7 Å². The molecule has 1 aliphatic heterocycles. The summed E-state index contributed by atoms with van der Waals surface area (Å²) in [5, 5.41) is -0.560. The van der Waals surface area contributed by atoms with E-state index in [1.54, 1.807) is 24.7 Å². The van der Waals surface area contributed by atoms with Crippen molar-refractivity contribution in [2.45, 2.75) is 18.1 Å². The number of rotatable bonds is 2. The zero-order chi connectivity index (χ0) is 15.2. The summed E-state index contributed by atoms with van der Waals surface area (Å²) >= 11 is 0. The standard InChI is InChI=1S/C15H14N4O2S/c20-22(21)10-2-4-13(22)15-18-12-3-1-7-17-14(12)19(15)11-5-8-16-9-6-11/h1,3,5-9,13H,2,4,10H2. The number of hydrogen-bond acceptors (Lipinski definition) is 5. The first-order chi connectivity index (χ1) is 10.7. The van der Waals surface area contributed by atoms with Gasteiger partial charge in [-0.1, -0.05) is 0 Å². The Morgan fingerprint density at radius 3 is 2.68 bits per heavy atom. The summed E-state index contributed by atoms with van der Waals surface area (Å²) in [7, 11) is -3.15. The van der Waals surface area contributed by atoms with Crippen LogP contribution in [0, 0.1) is 0 Å². The molecule has 0 N–H and O–H groups in total. The maximum atomic E-state index is 12.3. The molecule has 1 aliphatic rings. The summed E-state index contributed by atoms with van der Waals surface area (Å²) in [5.41, 5.74) is 2.20. The second kappa shape index (κ2) is 4.88. The molecule has 1 atom stereocenters. The van der Waals surface area contributed by atoms with Crippen molar-refractivity contribution in [3.05, 3.63) is 48.7 Å². The Kier molecular flexibility index (Phi) is 2.97. The Morgan fingerprint density at radius 1 is 1.14 bits per heavy atom. The first kappa shape index (κ1) is 13.4. The van der Waals surface area contributed by atoms with E-state index < -0.39 is 15.1 Å². The lowest BCUT2D eigenvalue weighted by Crippen LogP contribution is -2.13. The largest absolute Gasteiger partial charge is 0.280 e. The van der Waals surface area contributed by atoms with Crippen molar-refractivity contribution in [3.63, 3.8) is 0 Å². The molecule has 1 saturated heterocycles. The minimum Gasteiger partial charge on any atom is -0.280 e. The molecule has 0 aromatic carbocycles. The van der Waals surface area contributed by atoms with Crippen molar-refractivity contribution in [2.24, 2.45) is 0 Å². The fourth-order valence-corrected chi connectivity index (χ4v) is 4.83. The van der Waals surface area contributed by atoms with Crippen molar-refractivity contribution in [1.82, 2.24) is 19.5 Å². The van der Waals surface area contributed by atoms with Crippen LogP contribution in [0.4, 0.5) is 0 Å². The van der Waals surface area contributed by atoms with Crippen molar-refractivity contribution in [3.8, 4) is 5.69 Å². The van der Waals surface area contributed by atoms with E-state index in [1.165, 1.54) is 0 Å². The van der Waals surface area contributed by atoms with Crippen LogP contribution in [-0.2, 0) is 9.84 Å². The molecule has 0 amide bonds. The van der Waals surface area contributed by atoms with Gasteiger partial charge >= 0.3 is 0 Å². The summed E-state index contributed by atoms with van der Waals surface area (Å²) in [6, 6.07) is 7.33. The number of fused-ring (bicyclic) bond motifs is 1. The number of hydrogen-bond donors (Lipinski definition) is 0. The van der Waals surface area contributed by atoms with Crippen molar-refractivity contribution >= 4 is 21.0 Å². The quantitative estimate of drug-likeness (QED) is 0.723. The Morgan fingerprint density at radius 2 is 1.95 bits per heavy atom. The number of nitrogens with zero attached hydrogens (tertiary/aromatic N) is 4. The van der Waals surface area contributed by atoms with Gasteiger partial charge in [-0.25, -0.2) is 18.4 Å². The molecule has 0 bridgehead atoms. The second-order valence-electron chi connectivity index (χ2n) is 5.35. The van der Waals surface area contributed by atoms with E-state index in [0.717, 1.165) is 5.69 Å². The van der Waals surface area contributed by atoms with Crippen LogP contribution in [0.5, 0.6) is 0 Å². The smallest absolute Gasteiger partial charge is 0.164 e. The Balaban J connectivity index is 2.03. The molecule has 6 nitrogen and oxygen atoms in total. The molecule has 1 unspecified atom stereocenters. The fourth-order valence-electron chi connectivity index (χ4n) is 2.98. The van der Waals surface area contributed by atoms with Gasteiger partial charge in [0.05, 0.1) is 11.4 Å². The molecule has 112 valence electrons. The Labute approximate surface area is 127 Å². The maximum absolute atomic E-state index is 12.3. The number of pyridine rings is 2. The number of imidazole rings is 1. The van der Waals surface area contributed by atoms with E-state index in [-0.39, 0.29) is 5.75 Å². The van der Waals surface area contributed by atoms with E-state index in [4.69, 9.17) is 0 Å². The third kappa shape index (κ3) is 2.00. The van der Waals surface area contributed by atoms with E-state index >= 15 is 0 Å². The van der Waals surface area contributed by atoms with Gasteiger partial charge in [0.25, 0.3) is 0 Å². The topological polar surface area (TPSA) is 77.7 Å². The summed E-state index contributed by atoms with van der Waals surface area (Å²) in [5.74, 6) is 0.780. The molecular formula is C15H14N4O2S. The summed E-state index contributed by atoms with van der Waals surface area (Å²) in [6.45, 7) is 0. The fraction of sp³-hybridized carbons (Fsp3) is 0.267. The van der Waals surface area contributed by atoms with Gasteiger partial charge in [0.2, 0.25) is 0 Å². The zero-order valence-corrected chi connectivity index (χ0v) is 12.6. The van der Waals surface area contributed by atoms with E-state index in [2.05, 4.69) is 15.0 Å². The normalized spacial score (nSPS) is 20.5. The highest BCUT2D eigenvalue weighted by Crippen LogP contribution is 2.36. The Hall–Kier alpha value is -2.28. The minimum atomic E-state index is -3.15. The van der Waals surface area contributed by atoms with E-state index in [0.29, 0.717) is 29.8 Å². The molecule has 4 rings (SSSR count). The summed E-state index contributed by atoms with van der Waals surface area (Å²) in [4.78, 5) is 13.0. The van der Waals surface area contributed by atoms with Crippen molar-refractivity contribution in [2.75, 3.05) is 5.75 Å². The summed E-state index contributed by atoms with van der Waals surface area (Å²) in [6.07, 6.45) is 6.33. The molecule has 0 saturated carbocycles. The maximum Gasteiger partial charge on any atom is 0.164 e. The highest BCUT2D eigenvalue weighted by molar-refractivity contribution is 7.91. The van der Waals surface area contributed by atoms with Gasteiger partial charge in [-0.05, 0) is 37.1 Å². The van der Waals surface area contributed by atoms with Gasteiger partial charge in [-0.2, -0.15) is 0 Å². The molecule has 0 radical (unpaired) electrons. The average Bonchev–Trinajstić information content (AvgIpc) is 3.07. The van der Waals surface area contributed by atoms with Crippen LogP contribution in [0.3, 0.4) is 0 Å². The van der Waals surface area contributed by atoms with Crippen LogP contribution in [0.1, 0.15) is 23.9 Å². The molecular weight excluding hydrogens is 300 g/mol. The predicted molar refractivity (Wildman–Crippen MR) is 82.4 cm³/mol. The molecule has 22 heavy (non-hydrogen) atoms. The highest BCUT2D eigenvalue weighted by atomic mass is 32.2. The van der Waals surface area contributed by atoms with Gasteiger partial charge in [0.1, 0.15) is 16.6 Å². The van der Waals surface area contributed by atoms with Crippen LogP contribution in [0.25, 0.3) is 16.9 Å². The van der Waals surface area contributed by atoms with Crippen LogP contribution >= 0.6 is 0 Å². The number of aromatic nitrogens is 4. The van der Waals surface area contributed by atoms with Gasteiger partial charge in [-0.15, -0.1) is 0 Å². The first-order valence-electron chi connectivity index (χ1n) is 7.12. The van der Waals surface area contributed by atoms with Crippen molar-refractivity contribution < 1.29 is 8.42 Å². The van der Waals surface area contributed by atoms with Crippen molar-refractivity contribution in [1.29, 1.82) is 0 Å². The molecule has 7 heteroatoms. The lowest BCUT2D eigenvalue weighted by atomic mass is 10.2. The van der Waals surface area contributed by atoms with E-state index in [9.17, 15) is 8.42 Å². The predicted octanol–water partition coefficient (Wildman–Crippen LogP) is 2.07. The zero-order valence-electron chi connectivity index (χ0n) is 11.8. The lowest BCUT2D eigenvalue weighted by molar-refractivity contribution is 0.588. The minimum absolute atomic E-state index is 0.227. The molecule has 0 spiro atoms. The van der Waals surface area contributed by atoms with E-state index in [1.807, 2.05) is 22.8 Å². The molecule has 3 aromatic rings. The van der Waals surface area contributed by atoms with Gasteiger partial charge < -0.3 is 0 Å². The van der Waals surface area contributed by atoms with Crippen LogP contribution in [0.15, 0.2) is 42.9 Å². The number of sulfone groups is 1. The average molecular weight is 314 g/mol. The molecule has 0 aliphatic carbocycles. The lowest BCUT2D eigenvalue weighted by Gasteiger charge is -2.12. The third-order valence-electron chi connectivity index (χ3n) is 3.98. The molecule has 3 aromatic heterocycles. The summed E-state index contributed by atoms with van der Waals surface area (Å²) < 4.78 is 26.5. The third-order valence-corrected chi connectivity index (χ3v) is 6.15. The second-order valence-corrected chi connectivity index (χ2v) is 7.66. The van der Waals surface area contributed by atoms with Gasteiger partial charge in [0.15, 0.2) is 15.5 Å². The van der Waals surface area contributed by atoms with Crippen LogP contribution < -0.4 is 0 Å². The monoisotopic (exact) mass is 314 g/mol. The SMILES string of the molecule is O=S1(=O)CCCC1c1nc2cccnc2n1-c1ccncc1. The Bertz CT molecular complexity index is 935. The molecule has 1 fully saturated rings. The van der Waals surface area contributed by atoms with Gasteiger partial charge in [-0.3, -0.25) is 9.55 Å².